The molecule has 2 atom stereocenters. The van der Waals surface area contributed by atoms with Gasteiger partial charge < -0.3 is 41.9 Å². The van der Waals surface area contributed by atoms with Crippen molar-refractivity contribution in [1.82, 2.24) is 70.0 Å². The third-order valence-corrected chi connectivity index (χ3v) is 12.7. The number of anilines is 2. The number of likely N-dealkylation sites (N-methyl/N-ethyl adjacent to an activating group) is 1. The Labute approximate surface area is 575 Å². The molecule has 0 radical (unpaired) electrons. The van der Waals surface area contributed by atoms with Crippen LogP contribution in [0.1, 0.15) is 78.6 Å². The van der Waals surface area contributed by atoms with Gasteiger partial charge >= 0.3 is 138 Å². The summed E-state index contributed by atoms with van der Waals surface area (Å²) in [6.07, 6.45) is 18.7. The molecular formula is C51H68Cl2Cs2N16O5. The Morgan fingerprint density at radius 1 is 0.711 bits per heavy atom. The van der Waals surface area contributed by atoms with Gasteiger partial charge in [0.1, 0.15) is 0 Å². The minimum absolute atomic E-state index is 0. The maximum atomic E-state index is 8.64. The maximum absolute atomic E-state index is 8.64. The van der Waals surface area contributed by atoms with E-state index in [1.165, 1.54) is 5.56 Å². The number of hydrogen-bond acceptors (Lipinski definition) is 19. The molecule has 0 amide bonds. The number of aromatic amines is 1. The molecule has 0 spiro atoms. The number of halogens is 2. The fourth-order valence-corrected chi connectivity index (χ4v) is 8.29. The van der Waals surface area contributed by atoms with Crippen molar-refractivity contribution in [2.45, 2.75) is 71.8 Å². The van der Waals surface area contributed by atoms with E-state index < -0.39 is 0 Å². The van der Waals surface area contributed by atoms with Crippen LogP contribution in [0.5, 0.6) is 0 Å². The van der Waals surface area contributed by atoms with Crippen molar-refractivity contribution in [3.8, 4) is 45.2 Å². The van der Waals surface area contributed by atoms with Crippen LogP contribution in [0.3, 0.4) is 0 Å². The third kappa shape index (κ3) is 18.2. The largest absolute Gasteiger partial charge is 1.00 e. The number of nitrogens with two attached hydrogens (primary N) is 2. The van der Waals surface area contributed by atoms with E-state index in [9.17, 15) is 0 Å². The zero-order valence-corrected chi connectivity index (χ0v) is 57.1. The average molecular weight is 1320 g/mol. The molecule has 0 bridgehead atoms. The van der Waals surface area contributed by atoms with Crippen LogP contribution in [0.4, 0.5) is 11.9 Å². The van der Waals surface area contributed by atoms with Crippen molar-refractivity contribution in [3.05, 3.63) is 121 Å². The second-order valence-corrected chi connectivity index (χ2v) is 18.5. The van der Waals surface area contributed by atoms with E-state index in [0.29, 0.717) is 35.3 Å². The molecular weight excluding hydrogens is 1250 g/mol. The monoisotopic (exact) mass is 1320 g/mol. The van der Waals surface area contributed by atoms with Gasteiger partial charge in [-0.3, -0.25) is 14.6 Å². The van der Waals surface area contributed by atoms with Crippen LogP contribution < -0.4 is 155 Å². The molecule has 0 saturated heterocycles. The first-order chi connectivity index (χ1) is 34.3. The number of carbonyl (C=O) groups is 1. The van der Waals surface area contributed by atoms with Crippen molar-refractivity contribution in [2.75, 3.05) is 58.6 Å². The van der Waals surface area contributed by atoms with Gasteiger partial charge in [-0.2, -0.15) is 20.2 Å². The molecule has 10 rings (SSSR count). The van der Waals surface area contributed by atoms with Crippen LogP contribution in [0.15, 0.2) is 107 Å². The number of carbonyl (C=O) groups excluding carboxylic acids is 1. The Kier molecular flexibility index (Phi) is 29.9. The molecule has 2 aliphatic carbocycles. The smallest absolute Gasteiger partial charge is 1.00 e. The zero-order chi connectivity index (χ0) is 50.5. The van der Waals surface area contributed by atoms with E-state index >= 15 is 0 Å². The Balaban J connectivity index is 0.000000618. The number of nitrogens with one attached hydrogen (secondary N) is 1. The molecule has 2 aromatic carbocycles. The summed E-state index contributed by atoms with van der Waals surface area (Å²) in [5.41, 5.74) is 18.4. The van der Waals surface area contributed by atoms with Gasteiger partial charge in [0, 0.05) is 67.3 Å². The van der Waals surface area contributed by atoms with Crippen molar-refractivity contribution in [1.29, 1.82) is 0 Å². The molecule has 0 aliphatic heterocycles. The predicted molar refractivity (Wildman–Crippen MR) is 286 cm³/mol. The average Bonchev–Trinajstić information content (AvgIpc) is 4.12. The summed E-state index contributed by atoms with van der Waals surface area (Å²) in [6.45, 7) is 6.91. The zero-order valence-electron chi connectivity index (χ0n) is 43.9. The Hall–Kier alpha value is -3.07. The number of nitrogens with zero attached hydrogens (tertiary/aromatic N) is 13. The summed E-state index contributed by atoms with van der Waals surface area (Å²) in [5, 5.41) is 28.3. The first kappa shape index (κ1) is 69.0. The number of nitrogen functional groups attached to an aromatic ring is 2. The number of alkyl halides is 1. The molecule has 2 aliphatic rings. The van der Waals surface area contributed by atoms with Crippen LogP contribution in [0.25, 0.3) is 45.2 Å². The van der Waals surface area contributed by atoms with E-state index in [1.54, 1.807) is 43.4 Å². The van der Waals surface area contributed by atoms with Gasteiger partial charge in [-0.05, 0) is 102 Å². The summed E-state index contributed by atoms with van der Waals surface area (Å²) >= 11 is 5.35. The summed E-state index contributed by atoms with van der Waals surface area (Å²) < 4.78 is 13.1. The van der Waals surface area contributed by atoms with E-state index in [4.69, 9.17) is 47.2 Å². The molecule has 2 saturated carbocycles. The number of aromatic nitrogens is 12. The summed E-state index contributed by atoms with van der Waals surface area (Å²) in [7, 11) is 8.09. The van der Waals surface area contributed by atoms with Crippen molar-refractivity contribution >= 4 is 42.4 Å². The van der Waals surface area contributed by atoms with Crippen molar-refractivity contribution < 1.29 is 163 Å². The fraction of sp³-hybridized carbons (Fsp3) is 0.392. The topological polar surface area (TPSA) is 284 Å². The molecule has 2 fully saturated rings. The second kappa shape index (κ2) is 32.9. The quantitative estimate of drug-likeness (QED) is 0.0535. The summed E-state index contributed by atoms with van der Waals surface area (Å²) in [4.78, 5) is 41.2. The van der Waals surface area contributed by atoms with Gasteiger partial charge in [-0.15, -0.1) is 24.0 Å². The minimum atomic E-state index is -0.321. The van der Waals surface area contributed by atoms with Gasteiger partial charge in [-0.1, -0.05) is 73.7 Å². The molecule has 5 N–H and O–H groups in total. The van der Waals surface area contributed by atoms with Crippen LogP contribution in [0, 0.1) is 11.8 Å². The van der Waals surface area contributed by atoms with E-state index in [0.717, 1.165) is 90.1 Å². The predicted octanol–water partition coefficient (Wildman–Crippen LogP) is 1.50. The van der Waals surface area contributed by atoms with E-state index in [2.05, 4.69) is 123 Å². The second-order valence-electron chi connectivity index (χ2n) is 18.1. The van der Waals surface area contributed by atoms with Crippen molar-refractivity contribution in [3.63, 3.8) is 0 Å². The maximum Gasteiger partial charge on any atom is 1.00 e. The fourth-order valence-electron chi connectivity index (χ4n) is 7.95. The Bertz CT molecular complexity index is 2890. The molecule has 398 valence electrons. The van der Waals surface area contributed by atoms with Gasteiger partial charge in [-0.25, -0.2) is 19.9 Å². The summed E-state index contributed by atoms with van der Waals surface area (Å²) in [6, 6.07) is 16.8. The van der Waals surface area contributed by atoms with E-state index in [-0.39, 0.29) is 196 Å². The van der Waals surface area contributed by atoms with E-state index in [1.807, 2.05) is 44.0 Å². The first-order valence-electron chi connectivity index (χ1n) is 22.9. The van der Waals surface area contributed by atoms with Gasteiger partial charge in [0.25, 0.3) is 18.3 Å². The first-order valence-corrected chi connectivity index (χ1v) is 23.4. The number of H-pyrrole nitrogens is 1. The number of benzene rings is 2. The van der Waals surface area contributed by atoms with Gasteiger partial charge in [0.15, 0.2) is 11.6 Å². The van der Waals surface area contributed by atoms with Crippen molar-refractivity contribution in [2.24, 2.45) is 11.8 Å². The minimum Gasteiger partial charge on any atom is -1.00 e. The molecule has 0 unspecified atom stereocenters. The number of hydrogen-bond donors (Lipinski definition) is 3. The molecule has 76 heavy (non-hydrogen) atoms. The van der Waals surface area contributed by atoms with Crippen LogP contribution in [-0.4, -0.2) is 124 Å². The summed E-state index contributed by atoms with van der Waals surface area (Å²) in [5.74, 6) is 4.64. The van der Waals surface area contributed by atoms with Crippen LogP contribution in [-0.2, 0) is 27.1 Å². The molecule has 25 heteroatoms. The number of rotatable bonds is 16. The molecule has 21 nitrogen and oxygen atoms in total. The SMILES string of the molecule is C.C.CN(C)CCCl.CN(C)CCn1cc(-c2nc([C@@](C)(c3ccc(-c4cnc(N)nc4)cc3)C3CC3)no2)cn1.C[C@@](c1ccc(-c2cnc(N)nc2)cc1)(c1noc(-c2cn[nH]c2)n1)C1CC1.Cl.O=CO[O-].[Cs+].[Cs+].[H-]. The Morgan fingerprint density at radius 3 is 1.47 bits per heavy atom. The standard InChI is InChI=1S/C24H28N8O.C20H19N7O.C4H10ClN.CH2O3.2CH4.ClH.2Cs.H/c1-24(20-8-9-20,19-6-4-16(5-7-19)17-12-26-23(25)27-13-17)22-29-21(33-30-22)18-14-28-32(15-18)11-10-31(2)3;1-20(16-6-7-16,18-26-17(28-27-18)14-10-24-25-11-14)15-4-2-12(3-5-15)13-8-22-19(21)23-9-13;1-6(2)4-3-5;2-1-4-3;;;;;;/h4-7,12-15,20H,8-11H2,1-3H3,(H2,25,26,27);2-5,8-11,16H,6-7H2,1H3,(H,24,25)(H2,21,22,23);3-4H2,1-2H3;1,3H;2*1H4;1H;;;/q;;;;;;;2*+1;-1/p-1/t24-;20-;;;;;;;;/m00......../s1. The third-order valence-electron chi connectivity index (χ3n) is 12.5. The van der Waals surface area contributed by atoms with Crippen LogP contribution in [0.2, 0.25) is 0 Å². The van der Waals surface area contributed by atoms with Gasteiger partial charge in [0.2, 0.25) is 11.9 Å². The van der Waals surface area contributed by atoms with Crippen LogP contribution >= 0.6 is 24.0 Å². The normalized spacial score (nSPS) is 13.8. The Morgan fingerprint density at radius 2 is 1.13 bits per heavy atom. The molecule has 6 aromatic heterocycles. The van der Waals surface area contributed by atoms with Gasteiger partial charge in [0.05, 0.1) is 40.9 Å². The molecule has 6 heterocycles. The molecule has 8 aromatic rings.